The number of rotatable bonds is 6. The molecule has 0 saturated carbocycles. The van der Waals surface area contributed by atoms with Crippen molar-refractivity contribution in [2.45, 2.75) is 19.6 Å². The number of nitrogen functional groups attached to an aromatic ring is 1. The lowest BCUT2D eigenvalue weighted by Gasteiger charge is -2.11. The monoisotopic (exact) mass is 222 g/mol. The minimum Gasteiger partial charge on any atom is -0.384 e. The molecule has 1 aromatic rings. The molecule has 0 aliphatic heterocycles. The van der Waals surface area contributed by atoms with Crippen LogP contribution in [0.1, 0.15) is 18.1 Å². The average Bonchev–Trinajstić information content (AvgIpc) is 2.27. The van der Waals surface area contributed by atoms with Crippen molar-refractivity contribution in [2.75, 3.05) is 13.7 Å². The lowest BCUT2D eigenvalue weighted by Crippen LogP contribution is -2.14. The van der Waals surface area contributed by atoms with Crippen molar-refractivity contribution < 1.29 is 9.47 Å². The lowest BCUT2D eigenvalue weighted by molar-refractivity contribution is -0.000125. The molecule has 1 unspecified atom stereocenters. The maximum Gasteiger partial charge on any atom is 0.122 e. The average molecular weight is 222 g/mol. The number of hydrogen-bond donors (Lipinski definition) is 2. The molecule has 4 nitrogen and oxygen atoms in total. The van der Waals surface area contributed by atoms with E-state index in [1.165, 1.54) is 0 Å². The molecule has 3 N–H and O–H groups in total. The molecule has 1 aromatic carbocycles. The normalized spacial score (nSPS) is 12.4. The SMILES string of the molecule is COCC(C)OCc1ccc(C(=N)N)cc1. The third kappa shape index (κ3) is 4.00. The molecule has 0 radical (unpaired) electrons. The molecule has 16 heavy (non-hydrogen) atoms. The first-order valence-electron chi connectivity index (χ1n) is 5.17. The van der Waals surface area contributed by atoms with E-state index in [-0.39, 0.29) is 11.9 Å². The second-order valence-corrected chi connectivity index (χ2v) is 3.69. The molecule has 1 atom stereocenters. The summed E-state index contributed by atoms with van der Waals surface area (Å²) in [6, 6.07) is 7.47. The van der Waals surface area contributed by atoms with E-state index in [1.807, 2.05) is 31.2 Å². The van der Waals surface area contributed by atoms with Crippen LogP contribution in [0.25, 0.3) is 0 Å². The highest BCUT2D eigenvalue weighted by Gasteiger charge is 2.02. The molecule has 0 aliphatic rings. The Morgan fingerprint density at radius 2 is 2.00 bits per heavy atom. The Morgan fingerprint density at radius 3 is 2.50 bits per heavy atom. The van der Waals surface area contributed by atoms with Crippen molar-refractivity contribution in [3.05, 3.63) is 35.4 Å². The second kappa shape index (κ2) is 6.25. The maximum atomic E-state index is 7.26. The highest BCUT2D eigenvalue weighted by atomic mass is 16.5. The summed E-state index contributed by atoms with van der Waals surface area (Å²) in [6.07, 6.45) is 0.0810. The minimum absolute atomic E-state index is 0.0810. The van der Waals surface area contributed by atoms with Crippen LogP contribution >= 0.6 is 0 Å². The van der Waals surface area contributed by atoms with E-state index in [0.717, 1.165) is 11.1 Å². The van der Waals surface area contributed by atoms with Gasteiger partial charge in [0.2, 0.25) is 0 Å². The van der Waals surface area contributed by atoms with Gasteiger partial charge in [0, 0.05) is 12.7 Å². The van der Waals surface area contributed by atoms with Crippen LogP contribution in [0.5, 0.6) is 0 Å². The van der Waals surface area contributed by atoms with Crippen LogP contribution in [-0.4, -0.2) is 25.7 Å². The van der Waals surface area contributed by atoms with Crippen molar-refractivity contribution in [3.63, 3.8) is 0 Å². The summed E-state index contributed by atoms with van der Waals surface area (Å²) in [4.78, 5) is 0. The number of nitrogens with two attached hydrogens (primary N) is 1. The molecule has 0 saturated heterocycles. The molecule has 0 aromatic heterocycles. The molecule has 0 bridgehead atoms. The van der Waals surface area contributed by atoms with Crippen LogP contribution in [0.2, 0.25) is 0 Å². The highest BCUT2D eigenvalue weighted by Crippen LogP contribution is 2.06. The largest absolute Gasteiger partial charge is 0.384 e. The maximum absolute atomic E-state index is 7.26. The fraction of sp³-hybridized carbons (Fsp3) is 0.417. The van der Waals surface area contributed by atoms with Crippen LogP contribution in [0.15, 0.2) is 24.3 Å². The van der Waals surface area contributed by atoms with E-state index in [2.05, 4.69) is 0 Å². The van der Waals surface area contributed by atoms with Gasteiger partial charge in [0.05, 0.1) is 19.3 Å². The number of benzene rings is 1. The van der Waals surface area contributed by atoms with Crippen molar-refractivity contribution >= 4 is 5.84 Å². The van der Waals surface area contributed by atoms with Gasteiger partial charge in [-0.2, -0.15) is 0 Å². The summed E-state index contributed by atoms with van der Waals surface area (Å²) < 4.78 is 10.5. The summed E-state index contributed by atoms with van der Waals surface area (Å²) in [5, 5.41) is 7.26. The van der Waals surface area contributed by atoms with Crippen molar-refractivity contribution in [3.8, 4) is 0 Å². The molecular formula is C12H18N2O2. The Hall–Kier alpha value is -1.39. The standard InChI is InChI=1S/C12H18N2O2/c1-9(7-15-2)16-8-10-3-5-11(6-4-10)12(13)14/h3-6,9H,7-8H2,1-2H3,(H3,13,14). The van der Waals surface area contributed by atoms with E-state index in [4.69, 9.17) is 20.6 Å². The fourth-order valence-electron chi connectivity index (χ4n) is 1.30. The topological polar surface area (TPSA) is 68.3 Å². The molecule has 0 heterocycles. The number of nitrogens with one attached hydrogen (secondary N) is 1. The van der Waals surface area contributed by atoms with Crippen LogP contribution in [0, 0.1) is 5.41 Å². The van der Waals surface area contributed by atoms with Crippen LogP contribution < -0.4 is 5.73 Å². The summed E-state index contributed by atoms with van der Waals surface area (Å²) in [5.74, 6) is 0.0835. The van der Waals surface area contributed by atoms with Gasteiger partial charge < -0.3 is 15.2 Å². The molecular weight excluding hydrogens is 204 g/mol. The third-order valence-corrected chi connectivity index (χ3v) is 2.20. The quantitative estimate of drug-likeness (QED) is 0.566. The van der Waals surface area contributed by atoms with Crippen molar-refractivity contribution in [1.29, 1.82) is 5.41 Å². The first-order chi connectivity index (χ1) is 7.63. The molecule has 1 rings (SSSR count). The number of amidine groups is 1. The van der Waals surface area contributed by atoms with Crippen LogP contribution in [-0.2, 0) is 16.1 Å². The van der Waals surface area contributed by atoms with Gasteiger partial charge in [-0.25, -0.2) is 0 Å². The molecule has 0 spiro atoms. The van der Waals surface area contributed by atoms with E-state index >= 15 is 0 Å². The predicted molar refractivity (Wildman–Crippen MR) is 63.6 cm³/mol. The van der Waals surface area contributed by atoms with Gasteiger partial charge in [-0.05, 0) is 12.5 Å². The zero-order valence-corrected chi connectivity index (χ0v) is 9.69. The summed E-state index contributed by atoms with van der Waals surface area (Å²) in [6.45, 7) is 3.10. The Kier molecular flexibility index (Phi) is 4.95. The fourth-order valence-corrected chi connectivity index (χ4v) is 1.30. The highest BCUT2D eigenvalue weighted by molar-refractivity contribution is 5.94. The van der Waals surface area contributed by atoms with E-state index in [1.54, 1.807) is 7.11 Å². The molecule has 88 valence electrons. The van der Waals surface area contributed by atoms with Gasteiger partial charge in [-0.15, -0.1) is 0 Å². The van der Waals surface area contributed by atoms with Crippen LogP contribution in [0.3, 0.4) is 0 Å². The summed E-state index contributed by atoms with van der Waals surface area (Å²) in [7, 11) is 1.65. The molecule has 0 aliphatic carbocycles. The summed E-state index contributed by atoms with van der Waals surface area (Å²) in [5.41, 5.74) is 7.15. The Morgan fingerprint density at radius 1 is 1.38 bits per heavy atom. The van der Waals surface area contributed by atoms with E-state index < -0.39 is 0 Å². The number of ether oxygens (including phenoxy) is 2. The smallest absolute Gasteiger partial charge is 0.122 e. The van der Waals surface area contributed by atoms with Gasteiger partial charge in [0.15, 0.2) is 0 Å². The van der Waals surface area contributed by atoms with Gasteiger partial charge in [-0.1, -0.05) is 24.3 Å². The van der Waals surface area contributed by atoms with Crippen molar-refractivity contribution in [1.82, 2.24) is 0 Å². The second-order valence-electron chi connectivity index (χ2n) is 3.69. The zero-order valence-electron chi connectivity index (χ0n) is 9.69. The van der Waals surface area contributed by atoms with E-state index in [9.17, 15) is 0 Å². The predicted octanol–water partition coefficient (Wildman–Crippen LogP) is 1.52. The third-order valence-electron chi connectivity index (χ3n) is 2.20. The van der Waals surface area contributed by atoms with Crippen LogP contribution in [0.4, 0.5) is 0 Å². The Bertz CT molecular complexity index is 335. The van der Waals surface area contributed by atoms with Gasteiger partial charge in [-0.3, -0.25) is 5.41 Å². The van der Waals surface area contributed by atoms with Gasteiger partial charge in [0.1, 0.15) is 5.84 Å². The lowest BCUT2D eigenvalue weighted by atomic mass is 10.1. The number of methoxy groups -OCH3 is 1. The van der Waals surface area contributed by atoms with E-state index in [0.29, 0.717) is 13.2 Å². The number of hydrogen-bond acceptors (Lipinski definition) is 3. The zero-order chi connectivity index (χ0) is 12.0. The Labute approximate surface area is 95.9 Å². The first-order valence-corrected chi connectivity index (χ1v) is 5.17. The van der Waals surface area contributed by atoms with Gasteiger partial charge in [0.25, 0.3) is 0 Å². The van der Waals surface area contributed by atoms with Gasteiger partial charge >= 0.3 is 0 Å². The minimum atomic E-state index is 0.0810. The van der Waals surface area contributed by atoms with Crippen molar-refractivity contribution in [2.24, 2.45) is 5.73 Å². The Balaban J connectivity index is 2.46. The molecule has 0 fully saturated rings. The first kappa shape index (κ1) is 12.7. The molecule has 0 amide bonds. The summed E-state index contributed by atoms with van der Waals surface area (Å²) >= 11 is 0. The molecule has 4 heteroatoms.